The molecule has 0 spiro atoms. The summed E-state index contributed by atoms with van der Waals surface area (Å²) in [5.74, 6) is 0.928. The second-order valence-corrected chi connectivity index (χ2v) is 8.40. The highest BCUT2D eigenvalue weighted by atomic mass is 32.2. The lowest BCUT2D eigenvalue weighted by atomic mass is 10.0. The predicted octanol–water partition coefficient (Wildman–Crippen LogP) is 1.71. The molecule has 130 valence electrons. The third-order valence-electron chi connectivity index (χ3n) is 4.44. The van der Waals surface area contributed by atoms with Gasteiger partial charge < -0.3 is 4.74 Å². The summed E-state index contributed by atoms with van der Waals surface area (Å²) >= 11 is 0. The maximum absolute atomic E-state index is 11.6. The van der Waals surface area contributed by atoms with Crippen molar-refractivity contribution in [3.05, 3.63) is 52.9 Å². The summed E-state index contributed by atoms with van der Waals surface area (Å²) in [7, 11) is -3.36. The molecule has 2 aliphatic heterocycles. The van der Waals surface area contributed by atoms with E-state index < -0.39 is 9.84 Å². The Kier molecular flexibility index (Phi) is 4.05. The first-order chi connectivity index (χ1) is 12.0. The molecular weight excluding hydrogens is 338 g/mol. The van der Waals surface area contributed by atoms with Crippen LogP contribution < -0.4 is 4.74 Å². The Bertz CT molecular complexity index is 954. The minimum Gasteiger partial charge on any atom is -0.489 e. The molecule has 0 bridgehead atoms. The Morgan fingerprint density at radius 3 is 2.96 bits per heavy atom. The summed E-state index contributed by atoms with van der Waals surface area (Å²) in [6.07, 6.45) is 5.70. The van der Waals surface area contributed by atoms with Crippen molar-refractivity contribution in [2.45, 2.75) is 18.1 Å². The zero-order chi connectivity index (χ0) is 17.4. The summed E-state index contributed by atoms with van der Waals surface area (Å²) in [5, 5.41) is -0.0836. The first-order valence-corrected chi connectivity index (χ1v) is 10.1. The number of rotatable bonds is 3. The Hall–Kier alpha value is -2.25. The lowest BCUT2D eigenvalue weighted by Crippen LogP contribution is -2.34. The molecule has 2 aromatic rings. The van der Waals surface area contributed by atoms with Crippen LogP contribution in [0.2, 0.25) is 0 Å². The molecule has 6 nitrogen and oxygen atoms in total. The van der Waals surface area contributed by atoms with Crippen LogP contribution in [0.1, 0.15) is 16.8 Å². The van der Waals surface area contributed by atoms with Gasteiger partial charge in [-0.1, -0.05) is 18.2 Å². The molecule has 0 fully saturated rings. The number of para-hydroxylation sites is 1. The van der Waals surface area contributed by atoms with Crippen LogP contribution in [0.25, 0.3) is 6.08 Å². The van der Waals surface area contributed by atoms with E-state index in [9.17, 15) is 8.42 Å². The molecule has 0 N–H and O–H groups in total. The number of nitrogens with zero attached hydrogens (tertiary/aromatic N) is 3. The molecule has 25 heavy (non-hydrogen) atoms. The number of ether oxygens (including phenoxy) is 1. The fourth-order valence-corrected chi connectivity index (χ4v) is 3.73. The minimum absolute atomic E-state index is 0.0836. The van der Waals surface area contributed by atoms with Crippen molar-refractivity contribution >= 4 is 15.9 Å². The van der Waals surface area contributed by atoms with E-state index in [-0.39, 0.29) is 5.16 Å². The van der Waals surface area contributed by atoms with Gasteiger partial charge >= 0.3 is 0 Å². The van der Waals surface area contributed by atoms with Gasteiger partial charge in [0.05, 0.1) is 5.69 Å². The average molecular weight is 357 g/mol. The van der Waals surface area contributed by atoms with Crippen LogP contribution in [0.3, 0.4) is 0 Å². The van der Waals surface area contributed by atoms with Crippen LogP contribution >= 0.6 is 0 Å². The predicted molar refractivity (Wildman–Crippen MR) is 94.0 cm³/mol. The second-order valence-electron chi connectivity index (χ2n) is 6.49. The van der Waals surface area contributed by atoms with Crippen molar-refractivity contribution in [2.24, 2.45) is 0 Å². The van der Waals surface area contributed by atoms with E-state index >= 15 is 0 Å². The van der Waals surface area contributed by atoms with Crippen LogP contribution in [0, 0.1) is 0 Å². The summed E-state index contributed by atoms with van der Waals surface area (Å²) in [5.41, 5.74) is 4.18. The molecule has 4 rings (SSSR count). The van der Waals surface area contributed by atoms with E-state index in [0.29, 0.717) is 6.61 Å². The molecule has 7 heteroatoms. The Morgan fingerprint density at radius 1 is 1.28 bits per heavy atom. The lowest BCUT2D eigenvalue weighted by molar-refractivity contribution is 0.254. The van der Waals surface area contributed by atoms with Gasteiger partial charge in [0.1, 0.15) is 12.4 Å². The normalized spacial score (nSPS) is 17.2. The average Bonchev–Trinajstić information content (AvgIpc) is 2.60. The Balaban J connectivity index is 1.49. The van der Waals surface area contributed by atoms with Gasteiger partial charge in [-0.05, 0) is 17.7 Å². The van der Waals surface area contributed by atoms with Crippen LogP contribution in [-0.4, -0.2) is 49.2 Å². The molecule has 0 atom stereocenters. The summed E-state index contributed by atoms with van der Waals surface area (Å²) in [6.45, 7) is 2.98. The van der Waals surface area contributed by atoms with Gasteiger partial charge in [0.25, 0.3) is 0 Å². The number of benzene rings is 1. The summed E-state index contributed by atoms with van der Waals surface area (Å²) in [6, 6.07) is 8.02. The Morgan fingerprint density at radius 2 is 2.12 bits per heavy atom. The van der Waals surface area contributed by atoms with Crippen LogP contribution in [0.5, 0.6) is 5.75 Å². The molecule has 0 aliphatic carbocycles. The molecule has 1 aromatic heterocycles. The van der Waals surface area contributed by atoms with Crippen molar-refractivity contribution < 1.29 is 13.2 Å². The molecule has 0 saturated carbocycles. The van der Waals surface area contributed by atoms with Gasteiger partial charge in [0, 0.05) is 49.6 Å². The monoisotopic (exact) mass is 357 g/mol. The van der Waals surface area contributed by atoms with Gasteiger partial charge in [-0.15, -0.1) is 0 Å². The van der Waals surface area contributed by atoms with Gasteiger partial charge in [-0.25, -0.2) is 18.4 Å². The third kappa shape index (κ3) is 3.43. The molecular formula is C18H19N3O3S. The van der Waals surface area contributed by atoms with Crippen molar-refractivity contribution in [1.29, 1.82) is 0 Å². The van der Waals surface area contributed by atoms with Crippen molar-refractivity contribution in [3.8, 4) is 5.75 Å². The Labute approximate surface area is 147 Å². The molecule has 0 saturated heterocycles. The quantitative estimate of drug-likeness (QED) is 0.779. The number of fused-ring (bicyclic) bond motifs is 2. The highest BCUT2D eigenvalue weighted by Crippen LogP contribution is 2.27. The number of sulfone groups is 1. The smallest absolute Gasteiger partial charge is 0.246 e. The minimum atomic E-state index is -3.36. The van der Waals surface area contributed by atoms with Gasteiger partial charge in [-0.3, -0.25) is 4.90 Å². The topological polar surface area (TPSA) is 72.4 Å². The van der Waals surface area contributed by atoms with E-state index in [0.717, 1.165) is 54.9 Å². The van der Waals surface area contributed by atoms with E-state index in [1.807, 2.05) is 18.2 Å². The molecule has 2 aliphatic rings. The van der Waals surface area contributed by atoms with Crippen LogP contribution in [0.15, 0.2) is 41.2 Å². The van der Waals surface area contributed by atoms with E-state index in [1.165, 1.54) is 5.57 Å². The number of aromatic nitrogens is 2. The maximum Gasteiger partial charge on any atom is 0.246 e. The first kappa shape index (κ1) is 16.2. The standard InChI is InChI=1S/C18H19N3O3S/c1-25(22,23)18-19-9-15-11-21(7-6-16(15)20-18)10-13-8-14-4-2-3-5-17(14)24-12-13/h2-5,8-9H,6-7,10-12H2,1H3. The van der Waals surface area contributed by atoms with Crippen molar-refractivity contribution in [3.63, 3.8) is 0 Å². The van der Waals surface area contributed by atoms with Gasteiger partial charge in [-0.2, -0.15) is 0 Å². The molecule has 0 radical (unpaired) electrons. The highest BCUT2D eigenvalue weighted by Gasteiger charge is 2.22. The fraction of sp³-hybridized carbons (Fsp3) is 0.333. The summed E-state index contributed by atoms with van der Waals surface area (Å²) in [4.78, 5) is 10.6. The van der Waals surface area contributed by atoms with Gasteiger partial charge in [0.2, 0.25) is 15.0 Å². The number of hydrogen-bond donors (Lipinski definition) is 0. The zero-order valence-corrected chi connectivity index (χ0v) is 14.8. The maximum atomic E-state index is 11.6. The highest BCUT2D eigenvalue weighted by molar-refractivity contribution is 7.90. The van der Waals surface area contributed by atoms with E-state index in [2.05, 4.69) is 27.0 Å². The van der Waals surface area contributed by atoms with Crippen LogP contribution in [0.4, 0.5) is 0 Å². The third-order valence-corrected chi connectivity index (χ3v) is 5.30. The molecule has 0 unspecified atom stereocenters. The molecule has 1 aromatic carbocycles. The summed E-state index contributed by atoms with van der Waals surface area (Å²) < 4.78 is 29.0. The largest absolute Gasteiger partial charge is 0.489 e. The number of hydrogen-bond acceptors (Lipinski definition) is 6. The van der Waals surface area contributed by atoms with E-state index in [1.54, 1.807) is 6.20 Å². The second kappa shape index (κ2) is 6.24. The van der Waals surface area contributed by atoms with Gasteiger partial charge in [0.15, 0.2) is 0 Å². The zero-order valence-electron chi connectivity index (χ0n) is 14.0. The lowest BCUT2D eigenvalue weighted by Gasteiger charge is -2.29. The molecule has 3 heterocycles. The SMILES string of the molecule is CS(=O)(=O)c1ncc2c(n1)CCN(CC1=Cc3ccccc3OC1)C2. The first-order valence-electron chi connectivity index (χ1n) is 8.17. The fourth-order valence-electron chi connectivity index (χ4n) is 3.21. The molecule has 0 amide bonds. The van der Waals surface area contributed by atoms with E-state index in [4.69, 9.17) is 4.74 Å². The van der Waals surface area contributed by atoms with Crippen molar-refractivity contribution in [1.82, 2.24) is 14.9 Å². The van der Waals surface area contributed by atoms with Crippen LogP contribution in [-0.2, 0) is 22.8 Å². The van der Waals surface area contributed by atoms with Crippen molar-refractivity contribution in [2.75, 3.05) is 26.0 Å².